The summed E-state index contributed by atoms with van der Waals surface area (Å²) in [6.45, 7) is 5.34. The summed E-state index contributed by atoms with van der Waals surface area (Å²) in [7, 11) is 0. The Bertz CT molecular complexity index is 366. The van der Waals surface area contributed by atoms with Crippen molar-refractivity contribution >= 4 is 12.0 Å². The van der Waals surface area contributed by atoms with Crippen LogP contribution in [0.15, 0.2) is 0 Å². The minimum absolute atomic E-state index is 0.0597. The van der Waals surface area contributed by atoms with Crippen LogP contribution in [0.4, 0.5) is 4.79 Å². The quantitative estimate of drug-likeness (QED) is 0.800. The van der Waals surface area contributed by atoms with E-state index in [1.54, 1.807) is 4.90 Å². The highest BCUT2D eigenvalue weighted by molar-refractivity contribution is 5.75. The van der Waals surface area contributed by atoms with Gasteiger partial charge in [0.2, 0.25) is 0 Å². The van der Waals surface area contributed by atoms with Crippen LogP contribution in [0.25, 0.3) is 0 Å². The van der Waals surface area contributed by atoms with Crippen molar-refractivity contribution in [3.63, 3.8) is 0 Å². The van der Waals surface area contributed by atoms with Gasteiger partial charge < -0.3 is 20.1 Å². The average Bonchev–Trinajstić information content (AvgIpc) is 3.11. The molecule has 108 valence electrons. The number of rotatable bonds is 4. The van der Waals surface area contributed by atoms with Crippen molar-refractivity contribution in [2.45, 2.75) is 44.8 Å². The van der Waals surface area contributed by atoms with E-state index in [1.165, 1.54) is 0 Å². The zero-order chi connectivity index (χ0) is 14.0. The number of amides is 2. The number of hydrogen-bond donors (Lipinski definition) is 2. The fourth-order valence-corrected chi connectivity index (χ4v) is 2.48. The van der Waals surface area contributed by atoms with Crippen LogP contribution in [0.3, 0.4) is 0 Å². The monoisotopic (exact) mass is 270 g/mol. The molecule has 1 saturated carbocycles. The molecule has 6 nitrogen and oxygen atoms in total. The summed E-state index contributed by atoms with van der Waals surface area (Å²) in [6, 6.07) is -0.115. The zero-order valence-corrected chi connectivity index (χ0v) is 11.5. The Balaban J connectivity index is 1.86. The number of carboxylic acid groups (broad SMARTS) is 1. The first-order valence-electron chi connectivity index (χ1n) is 6.79. The number of morpholine rings is 1. The molecule has 6 heteroatoms. The van der Waals surface area contributed by atoms with Crippen molar-refractivity contribution in [2.75, 3.05) is 19.7 Å². The van der Waals surface area contributed by atoms with Crippen molar-refractivity contribution in [2.24, 2.45) is 5.92 Å². The molecule has 0 aromatic heterocycles. The molecule has 0 spiro atoms. The van der Waals surface area contributed by atoms with Gasteiger partial charge in [0, 0.05) is 18.6 Å². The van der Waals surface area contributed by atoms with Gasteiger partial charge in [-0.2, -0.15) is 0 Å². The second-order valence-corrected chi connectivity index (χ2v) is 5.96. The highest BCUT2D eigenvalue weighted by Crippen LogP contribution is 2.39. The number of nitrogens with one attached hydrogen (secondary N) is 1. The molecule has 2 amide bonds. The summed E-state index contributed by atoms with van der Waals surface area (Å²) in [5.74, 6) is -0.335. The van der Waals surface area contributed by atoms with Gasteiger partial charge in [-0.25, -0.2) is 4.79 Å². The van der Waals surface area contributed by atoms with Crippen molar-refractivity contribution < 1.29 is 19.4 Å². The molecule has 1 atom stereocenters. The Kier molecular flexibility index (Phi) is 3.99. The normalized spacial score (nSPS) is 24.1. The summed E-state index contributed by atoms with van der Waals surface area (Å²) in [4.78, 5) is 24.5. The Labute approximate surface area is 113 Å². The number of carboxylic acids is 1. The van der Waals surface area contributed by atoms with Gasteiger partial charge in [0.05, 0.1) is 19.1 Å². The SMILES string of the molecule is CC(C)(NC(=O)N1CCOC(CC(=O)O)C1)C1CC1. The molecule has 0 aromatic rings. The van der Waals surface area contributed by atoms with Gasteiger partial charge in [-0.15, -0.1) is 0 Å². The molecule has 2 fully saturated rings. The number of ether oxygens (including phenoxy) is 1. The molecule has 0 radical (unpaired) electrons. The highest BCUT2D eigenvalue weighted by Gasteiger charge is 2.40. The van der Waals surface area contributed by atoms with E-state index >= 15 is 0 Å². The predicted octanol–water partition coefficient (Wildman–Crippen LogP) is 1.06. The lowest BCUT2D eigenvalue weighted by molar-refractivity contribution is -0.141. The third-order valence-electron chi connectivity index (χ3n) is 3.86. The number of carbonyl (C=O) groups is 2. The van der Waals surface area contributed by atoms with Crippen molar-refractivity contribution in [1.29, 1.82) is 0 Å². The molecule has 2 rings (SSSR count). The summed E-state index contributed by atoms with van der Waals surface area (Å²) in [6.07, 6.45) is 1.87. The number of urea groups is 1. The van der Waals surface area contributed by atoms with Gasteiger partial charge >= 0.3 is 12.0 Å². The van der Waals surface area contributed by atoms with E-state index in [4.69, 9.17) is 9.84 Å². The number of aliphatic carboxylic acids is 1. The third-order valence-corrected chi connectivity index (χ3v) is 3.86. The lowest BCUT2D eigenvalue weighted by Gasteiger charge is -2.35. The highest BCUT2D eigenvalue weighted by atomic mass is 16.5. The van der Waals surface area contributed by atoms with E-state index in [0.29, 0.717) is 25.6 Å². The Morgan fingerprint density at radius 1 is 1.42 bits per heavy atom. The first-order valence-corrected chi connectivity index (χ1v) is 6.79. The van der Waals surface area contributed by atoms with Gasteiger partial charge in [-0.1, -0.05) is 0 Å². The Morgan fingerprint density at radius 3 is 2.68 bits per heavy atom. The van der Waals surface area contributed by atoms with Crippen LogP contribution in [-0.4, -0.2) is 53.3 Å². The van der Waals surface area contributed by atoms with Gasteiger partial charge in [0.1, 0.15) is 0 Å². The molecule has 19 heavy (non-hydrogen) atoms. The maximum absolute atomic E-state index is 12.2. The molecule has 0 bridgehead atoms. The molecule has 1 aliphatic heterocycles. The lowest BCUT2D eigenvalue weighted by atomic mass is 9.99. The second kappa shape index (κ2) is 5.36. The van der Waals surface area contributed by atoms with E-state index in [-0.39, 0.29) is 18.0 Å². The molecule has 0 aromatic carbocycles. The predicted molar refractivity (Wildman–Crippen MR) is 68.9 cm³/mol. The topological polar surface area (TPSA) is 78.9 Å². The number of carbonyl (C=O) groups excluding carboxylic acids is 1. The molecule has 1 unspecified atom stereocenters. The van der Waals surface area contributed by atoms with E-state index in [2.05, 4.69) is 5.32 Å². The average molecular weight is 270 g/mol. The third kappa shape index (κ3) is 3.83. The summed E-state index contributed by atoms with van der Waals surface area (Å²) < 4.78 is 5.36. The second-order valence-electron chi connectivity index (χ2n) is 5.96. The van der Waals surface area contributed by atoms with Crippen LogP contribution in [0, 0.1) is 5.92 Å². The molecule has 1 heterocycles. The molecule has 1 aliphatic carbocycles. The van der Waals surface area contributed by atoms with Crippen LogP contribution in [0.2, 0.25) is 0 Å². The van der Waals surface area contributed by atoms with Crippen LogP contribution < -0.4 is 5.32 Å². The van der Waals surface area contributed by atoms with Crippen LogP contribution in [0.1, 0.15) is 33.1 Å². The Morgan fingerprint density at radius 2 is 2.11 bits per heavy atom. The maximum atomic E-state index is 12.2. The van der Waals surface area contributed by atoms with E-state index < -0.39 is 12.1 Å². The van der Waals surface area contributed by atoms with Gasteiger partial charge in [-0.3, -0.25) is 4.79 Å². The Hall–Kier alpha value is -1.30. The molecular weight excluding hydrogens is 248 g/mol. The molecule has 2 aliphatic rings. The smallest absolute Gasteiger partial charge is 0.317 e. The number of nitrogens with zero attached hydrogens (tertiary/aromatic N) is 1. The van der Waals surface area contributed by atoms with Gasteiger partial charge in [0.15, 0.2) is 0 Å². The van der Waals surface area contributed by atoms with Crippen molar-refractivity contribution in [3.05, 3.63) is 0 Å². The fraction of sp³-hybridized carbons (Fsp3) is 0.846. The summed E-state index contributed by atoms with van der Waals surface area (Å²) in [5.41, 5.74) is -0.183. The van der Waals surface area contributed by atoms with Crippen LogP contribution >= 0.6 is 0 Å². The summed E-state index contributed by atoms with van der Waals surface area (Å²) >= 11 is 0. The van der Waals surface area contributed by atoms with Crippen molar-refractivity contribution in [3.8, 4) is 0 Å². The minimum atomic E-state index is -0.898. The lowest BCUT2D eigenvalue weighted by Crippen LogP contribution is -2.55. The van der Waals surface area contributed by atoms with Crippen LogP contribution in [0.5, 0.6) is 0 Å². The van der Waals surface area contributed by atoms with E-state index in [1.807, 2.05) is 13.8 Å². The van der Waals surface area contributed by atoms with E-state index in [9.17, 15) is 9.59 Å². The minimum Gasteiger partial charge on any atom is -0.481 e. The first kappa shape index (κ1) is 14.1. The number of hydrogen-bond acceptors (Lipinski definition) is 3. The molecule has 1 saturated heterocycles. The fourth-order valence-electron chi connectivity index (χ4n) is 2.48. The maximum Gasteiger partial charge on any atom is 0.317 e. The standard InChI is InChI=1S/C13H22N2O4/c1-13(2,9-3-4-9)14-12(18)15-5-6-19-10(8-15)7-11(16)17/h9-10H,3-8H2,1-2H3,(H,14,18)(H,16,17). The van der Waals surface area contributed by atoms with E-state index in [0.717, 1.165) is 12.8 Å². The summed E-state index contributed by atoms with van der Waals surface area (Å²) in [5, 5.41) is 11.8. The first-order chi connectivity index (χ1) is 8.88. The zero-order valence-electron chi connectivity index (χ0n) is 11.5. The van der Waals surface area contributed by atoms with Crippen molar-refractivity contribution in [1.82, 2.24) is 10.2 Å². The largest absolute Gasteiger partial charge is 0.481 e. The molecule has 2 N–H and O–H groups in total. The van der Waals surface area contributed by atoms with Gasteiger partial charge in [-0.05, 0) is 32.6 Å². The molecular formula is C13H22N2O4. The van der Waals surface area contributed by atoms with Gasteiger partial charge in [0.25, 0.3) is 0 Å². The van der Waals surface area contributed by atoms with Crippen LogP contribution in [-0.2, 0) is 9.53 Å².